The number of nitrogens with zero attached hydrogens (tertiary/aromatic N) is 1. The van der Waals surface area contributed by atoms with Crippen LogP contribution in [-0.4, -0.2) is 13.1 Å². The van der Waals surface area contributed by atoms with Crippen LogP contribution in [0.3, 0.4) is 0 Å². The number of benzene rings is 1. The lowest BCUT2D eigenvalue weighted by atomic mass is 10.0. The lowest BCUT2D eigenvalue weighted by Gasteiger charge is -2.38. The van der Waals surface area contributed by atoms with Gasteiger partial charge in [-0.1, -0.05) is 53.7 Å². The third-order valence-electron chi connectivity index (χ3n) is 5.61. The van der Waals surface area contributed by atoms with Gasteiger partial charge in [0.2, 0.25) is 0 Å². The van der Waals surface area contributed by atoms with Crippen LogP contribution in [0, 0.1) is 11.5 Å². The molecule has 1 aromatic heterocycles. The molecule has 1 aromatic carbocycles. The summed E-state index contributed by atoms with van der Waals surface area (Å²) in [4.78, 5) is 4.22. The lowest BCUT2D eigenvalue weighted by Crippen LogP contribution is -2.43. The Bertz CT molecular complexity index is 835. The standard InChI is InChI=1S/C22H28F3NSi/c1-15(2)27(16(3)4,17(5)6)14-8-9-18-11-12-20(22(23,24)25)19-10-7-13-26-21(18)19/h7,10-13,15-17H,9H2,1-6H3. The molecule has 0 N–H and O–H groups in total. The van der Waals surface area contributed by atoms with Crippen LogP contribution < -0.4 is 0 Å². The summed E-state index contributed by atoms with van der Waals surface area (Å²) in [7, 11) is -1.85. The predicted molar refractivity (Wildman–Crippen MR) is 109 cm³/mol. The first-order valence-electron chi connectivity index (χ1n) is 9.45. The van der Waals surface area contributed by atoms with Crippen molar-refractivity contribution < 1.29 is 13.2 Å². The topological polar surface area (TPSA) is 12.9 Å². The minimum atomic E-state index is -4.39. The quantitative estimate of drug-likeness (QED) is 0.403. The van der Waals surface area contributed by atoms with E-state index in [4.69, 9.17) is 0 Å². The maximum atomic E-state index is 13.3. The molecule has 0 spiro atoms. The summed E-state index contributed by atoms with van der Waals surface area (Å²) in [6, 6.07) is 5.70. The monoisotopic (exact) mass is 391 g/mol. The summed E-state index contributed by atoms with van der Waals surface area (Å²) >= 11 is 0. The smallest absolute Gasteiger partial charge is 0.256 e. The van der Waals surface area contributed by atoms with E-state index in [1.807, 2.05) is 0 Å². The molecular weight excluding hydrogens is 363 g/mol. The first kappa shape index (κ1) is 21.5. The number of aromatic nitrogens is 1. The van der Waals surface area contributed by atoms with Crippen LogP contribution in [0.5, 0.6) is 0 Å². The second kappa shape index (κ2) is 8.06. The van der Waals surface area contributed by atoms with Gasteiger partial charge in [-0.05, 0) is 34.3 Å². The highest BCUT2D eigenvalue weighted by atomic mass is 28.3. The normalized spacial score (nSPS) is 12.7. The highest BCUT2D eigenvalue weighted by Gasteiger charge is 2.41. The van der Waals surface area contributed by atoms with E-state index >= 15 is 0 Å². The van der Waals surface area contributed by atoms with E-state index in [0.717, 1.165) is 11.6 Å². The first-order chi connectivity index (χ1) is 12.5. The van der Waals surface area contributed by atoms with Crippen LogP contribution in [0.25, 0.3) is 10.9 Å². The van der Waals surface area contributed by atoms with Gasteiger partial charge in [-0.15, -0.1) is 11.5 Å². The molecule has 0 atom stereocenters. The van der Waals surface area contributed by atoms with Crippen molar-refractivity contribution >= 4 is 19.0 Å². The summed E-state index contributed by atoms with van der Waals surface area (Å²) in [6.45, 7) is 13.5. The molecule has 0 bridgehead atoms. The number of hydrogen-bond acceptors (Lipinski definition) is 1. The zero-order valence-corrected chi connectivity index (χ0v) is 17.9. The van der Waals surface area contributed by atoms with Gasteiger partial charge in [0.05, 0.1) is 11.1 Å². The second-order valence-electron chi connectivity index (χ2n) is 8.05. The maximum Gasteiger partial charge on any atom is 0.417 e. The highest BCUT2D eigenvalue weighted by molar-refractivity contribution is 6.90. The number of pyridine rings is 1. The third kappa shape index (κ3) is 4.21. The number of rotatable bonds is 4. The number of fused-ring (bicyclic) bond motifs is 1. The van der Waals surface area contributed by atoms with E-state index < -0.39 is 19.8 Å². The second-order valence-corrected chi connectivity index (χ2v) is 13.6. The molecule has 5 heteroatoms. The van der Waals surface area contributed by atoms with Gasteiger partial charge < -0.3 is 0 Å². The van der Waals surface area contributed by atoms with Crippen molar-refractivity contribution in [3.63, 3.8) is 0 Å². The molecule has 0 saturated carbocycles. The molecule has 0 amide bonds. The fraction of sp³-hybridized carbons (Fsp3) is 0.500. The molecule has 0 radical (unpaired) electrons. The van der Waals surface area contributed by atoms with Gasteiger partial charge in [-0.2, -0.15) is 13.2 Å². The number of halogens is 3. The molecule has 1 heterocycles. The molecule has 0 aliphatic carbocycles. The lowest BCUT2D eigenvalue weighted by molar-refractivity contribution is -0.136. The molecular formula is C22H28F3NSi. The maximum absolute atomic E-state index is 13.3. The van der Waals surface area contributed by atoms with Gasteiger partial charge in [0.15, 0.2) is 0 Å². The van der Waals surface area contributed by atoms with Gasteiger partial charge >= 0.3 is 6.18 Å². The minimum absolute atomic E-state index is 0.143. The number of alkyl halides is 3. The van der Waals surface area contributed by atoms with E-state index in [1.54, 1.807) is 6.07 Å². The largest absolute Gasteiger partial charge is 0.417 e. The van der Waals surface area contributed by atoms with Gasteiger partial charge in [-0.3, -0.25) is 4.98 Å². The van der Waals surface area contributed by atoms with Crippen LogP contribution in [0.1, 0.15) is 52.7 Å². The summed E-state index contributed by atoms with van der Waals surface area (Å²) < 4.78 is 39.8. The van der Waals surface area contributed by atoms with Crippen molar-refractivity contribution in [1.29, 1.82) is 0 Å². The average Bonchev–Trinajstić information content (AvgIpc) is 2.56. The zero-order valence-electron chi connectivity index (χ0n) is 16.9. The Morgan fingerprint density at radius 3 is 2.07 bits per heavy atom. The van der Waals surface area contributed by atoms with Gasteiger partial charge in [0.1, 0.15) is 8.07 Å². The Hall–Kier alpha value is -1.80. The molecule has 0 aliphatic rings. The molecule has 0 saturated heterocycles. The summed E-state index contributed by atoms with van der Waals surface area (Å²) in [6.07, 6.45) is -2.43. The molecule has 1 nitrogen and oxygen atoms in total. The molecule has 2 rings (SSSR count). The third-order valence-corrected chi connectivity index (χ3v) is 12.0. The number of hydrogen-bond donors (Lipinski definition) is 0. The minimum Gasteiger partial charge on any atom is -0.256 e. The Morgan fingerprint density at radius 1 is 0.963 bits per heavy atom. The fourth-order valence-electron chi connectivity index (χ4n) is 4.35. The Kier molecular flexibility index (Phi) is 6.42. The summed E-state index contributed by atoms with van der Waals surface area (Å²) in [5.41, 5.74) is 5.70. The van der Waals surface area contributed by atoms with Crippen LogP contribution >= 0.6 is 0 Å². The van der Waals surface area contributed by atoms with E-state index in [2.05, 4.69) is 58.0 Å². The molecule has 146 valence electrons. The molecule has 0 aliphatic heterocycles. The van der Waals surface area contributed by atoms with Crippen LogP contribution in [0.4, 0.5) is 13.2 Å². The van der Waals surface area contributed by atoms with Crippen molar-refractivity contribution in [2.45, 2.75) is 70.8 Å². The van der Waals surface area contributed by atoms with Crippen LogP contribution in [0.15, 0.2) is 30.5 Å². The van der Waals surface area contributed by atoms with Crippen molar-refractivity contribution in [2.24, 2.45) is 0 Å². The van der Waals surface area contributed by atoms with E-state index in [1.165, 1.54) is 18.3 Å². The molecule has 2 aromatic rings. The van der Waals surface area contributed by atoms with E-state index in [9.17, 15) is 13.2 Å². The highest BCUT2D eigenvalue weighted by Crippen LogP contribution is 2.41. The Labute approximate surface area is 161 Å². The van der Waals surface area contributed by atoms with Crippen molar-refractivity contribution in [3.8, 4) is 11.5 Å². The zero-order chi connectivity index (χ0) is 20.4. The molecule has 27 heavy (non-hydrogen) atoms. The Balaban J connectivity index is 2.49. The van der Waals surface area contributed by atoms with Crippen LogP contribution in [-0.2, 0) is 12.6 Å². The summed E-state index contributed by atoms with van der Waals surface area (Å²) in [5.74, 6) is 3.33. The SMILES string of the molecule is CC(C)[Si](C#CCc1ccc(C(F)(F)F)c2cccnc12)(C(C)C)C(C)C. The molecule has 0 unspecified atom stereocenters. The van der Waals surface area contributed by atoms with Gasteiger partial charge in [0, 0.05) is 18.0 Å². The van der Waals surface area contributed by atoms with Gasteiger partial charge in [0.25, 0.3) is 0 Å². The summed E-state index contributed by atoms with van der Waals surface area (Å²) in [5, 5.41) is 0.143. The van der Waals surface area contributed by atoms with E-state index in [0.29, 0.717) is 28.6 Å². The average molecular weight is 392 g/mol. The van der Waals surface area contributed by atoms with Crippen LogP contribution in [0.2, 0.25) is 16.6 Å². The Morgan fingerprint density at radius 2 is 1.56 bits per heavy atom. The van der Waals surface area contributed by atoms with E-state index in [-0.39, 0.29) is 5.39 Å². The first-order valence-corrected chi connectivity index (χ1v) is 11.7. The predicted octanol–water partition coefficient (Wildman–Crippen LogP) is 7.02. The fourth-order valence-corrected chi connectivity index (χ4v) is 9.61. The molecule has 0 fully saturated rings. The van der Waals surface area contributed by atoms with Crippen molar-refractivity contribution in [2.75, 3.05) is 0 Å². The van der Waals surface area contributed by atoms with Crippen molar-refractivity contribution in [3.05, 3.63) is 41.6 Å². The van der Waals surface area contributed by atoms with Gasteiger partial charge in [-0.25, -0.2) is 0 Å². The van der Waals surface area contributed by atoms with Crippen molar-refractivity contribution in [1.82, 2.24) is 4.98 Å².